The first kappa shape index (κ1) is 107. The van der Waals surface area contributed by atoms with Gasteiger partial charge in [0, 0.05) is 147 Å². The molecule has 16 rings (SSSR count). The quantitative estimate of drug-likeness (QED) is 0.00831. The van der Waals surface area contributed by atoms with Gasteiger partial charge in [-0.1, -0.05) is 118 Å². The molecule has 0 aliphatic carbocycles. The third-order valence-electron chi connectivity index (χ3n) is 21.7. The maximum absolute atomic E-state index is 6.00. The van der Waals surface area contributed by atoms with E-state index in [0.29, 0.717) is 0 Å². The Balaban J connectivity index is 0.000000176. The molecule has 137 heavy (non-hydrogen) atoms. The van der Waals surface area contributed by atoms with E-state index in [-0.39, 0.29) is 0 Å². The highest BCUT2D eigenvalue weighted by Crippen LogP contribution is 2.39. The lowest BCUT2D eigenvalue weighted by Gasteiger charge is -2.11. The van der Waals surface area contributed by atoms with Crippen LogP contribution in [0.1, 0.15) is 89.0 Å². The Hall–Kier alpha value is -13.2. The molecule has 710 valence electrons. The molecule has 0 aliphatic heterocycles. The summed E-state index contributed by atoms with van der Waals surface area (Å²) in [4.78, 5) is 9.74. The molecule has 0 spiro atoms. The van der Waals surface area contributed by atoms with Gasteiger partial charge >= 0.3 is 0 Å². The number of rotatable bonds is 25. The van der Waals surface area contributed by atoms with Gasteiger partial charge in [0.2, 0.25) is 0 Å². The molecule has 0 unspecified atom stereocenters. The molecule has 0 aliphatic rings. The molecule has 0 amide bonds. The average Bonchev–Trinajstić information content (AvgIpc) is 0.821. The van der Waals surface area contributed by atoms with Crippen LogP contribution in [0.2, 0.25) is 0 Å². The van der Waals surface area contributed by atoms with Crippen LogP contribution in [0.3, 0.4) is 0 Å². The van der Waals surface area contributed by atoms with Gasteiger partial charge in [-0.25, -0.2) is 0 Å². The first-order chi connectivity index (χ1) is 65.7. The molecule has 16 aromatic carbocycles. The third-order valence-corrected chi connectivity index (χ3v) is 29.6. The van der Waals surface area contributed by atoms with Crippen molar-refractivity contribution in [3.63, 3.8) is 0 Å². The minimum Gasteiger partial charge on any atom is -0.399 e. The highest BCUT2D eigenvalue weighted by atomic mass is 33.1. The summed E-state index contributed by atoms with van der Waals surface area (Å²) >= 11 is 9.00. The predicted octanol–water partition coefficient (Wildman–Crippen LogP) is 26.9. The summed E-state index contributed by atoms with van der Waals surface area (Å²) in [6.45, 7) is 16.6. The molecule has 23 heteroatoms. The van der Waals surface area contributed by atoms with Gasteiger partial charge in [-0.3, -0.25) is 0 Å². The number of nitrogen functional groups attached to an aromatic ring is 16. The molecule has 16 aromatic rings. The average molecular weight is 1950 g/mol. The van der Waals surface area contributed by atoms with Gasteiger partial charge in [-0.2, -0.15) is 0 Å². The molecular weight excluding hydrogens is 1820 g/mol. The first-order valence-electron chi connectivity index (χ1n) is 44.9. The standard InChI is InChI=1S/C17H22N2.2C16H20N2.C14H16N2S2.C14H16N2.C13H14N2S2.C12H12N2S2.C12H12N2S/c1-10-5-14(6-11(2)16(10)18)9-15-7-12(3)17(19)13(4)8-15;1-11-9-15(17)7-5-13(11)3-4-14-6-8-16(18)10-12(14)2;1-11-9-13(5-7-15(11)17)3-4-14-6-8-16(18)12(2)10-14;15-11-1-5-13(6-2-11)17-9-10-18-14-7-3-12(16)4-8-14;15-13-7-3-11(4-8-13)1-2-12-5-9-14(16)10-6-12;14-10-1-5-12(6-2-10)16-9-17-13-7-3-11(15)4-8-13;13-9-1-5-11(6-2-9)15-16-12-7-3-10(14)4-8-12;13-9-1-5-11(6-2-9)15-12-7-3-10(14)4-8-12/h5-8H,9,18-19H2,1-4H3;2*5-10H,3-4,17-18H2,1-2H3;1-8H,9-10,15-16H2;3-10H,1-2,15-16H2;1-8H,9,14-15H2;1-8H,13-14H2;1-8H,13-14H2. The molecular formula is C114H132N16S7. The molecule has 0 fully saturated rings. The van der Waals surface area contributed by atoms with E-state index in [4.69, 9.17) is 91.7 Å². The van der Waals surface area contributed by atoms with Gasteiger partial charge in [0.1, 0.15) is 0 Å². The summed E-state index contributed by atoms with van der Waals surface area (Å²) in [5, 5.41) is 0.980. The zero-order valence-corrected chi connectivity index (χ0v) is 85.2. The number of hydrogen-bond acceptors (Lipinski definition) is 23. The fourth-order valence-electron chi connectivity index (χ4n) is 13.7. The number of nitrogens with two attached hydrogens (primary N) is 16. The molecule has 32 N–H and O–H groups in total. The molecule has 0 saturated heterocycles. The number of anilines is 16. The fraction of sp³-hybridized carbons (Fsp3) is 0.158. The zero-order chi connectivity index (χ0) is 98.7. The SMILES string of the molecule is Cc1cc(CCc2ccc(N)c(C)c2)ccc1N.Cc1cc(Cc2cc(C)c(N)c(C)c2)cc(C)c1N.Cc1cc(N)ccc1CCc1ccc(N)cc1C.Nc1ccc(CCc2ccc(N)cc2)cc1.Nc1ccc(SCCSc2ccc(N)cc2)cc1.Nc1ccc(SCSc2ccc(N)cc2)cc1.Nc1ccc(SSc2ccc(N)cc2)cc1.Nc1ccc(Sc2ccc(N)cc2)cc1. The number of benzene rings is 16. The third kappa shape index (κ3) is 39.9. The van der Waals surface area contributed by atoms with Crippen LogP contribution in [0.5, 0.6) is 0 Å². The second-order valence-corrected chi connectivity index (χ2v) is 41.3. The van der Waals surface area contributed by atoms with Crippen LogP contribution >= 0.6 is 80.4 Å². The van der Waals surface area contributed by atoms with E-state index >= 15 is 0 Å². The van der Waals surface area contributed by atoms with Gasteiger partial charge in [0.15, 0.2) is 0 Å². The van der Waals surface area contributed by atoms with Crippen molar-refractivity contribution in [2.45, 2.75) is 139 Å². The Labute approximate surface area is 841 Å². The Morgan fingerprint density at radius 2 is 0.394 bits per heavy atom. The fourth-order valence-corrected chi connectivity index (χ4v) is 20.2. The van der Waals surface area contributed by atoms with Crippen molar-refractivity contribution < 1.29 is 0 Å². The zero-order valence-electron chi connectivity index (χ0n) is 79.5. The number of hydrogen-bond donors (Lipinski definition) is 16. The van der Waals surface area contributed by atoms with Gasteiger partial charge in [-0.15, -0.1) is 47.0 Å². The summed E-state index contributed by atoms with van der Waals surface area (Å²) < 4.78 is 0. The lowest BCUT2D eigenvalue weighted by Crippen LogP contribution is -1.99. The van der Waals surface area contributed by atoms with Gasteiger partial charge in [0.05, 0.1) is 0 Å². The van der Waals surface area contributed by atoms with Gasteiger partial charge in [0.25, 0.3) is 0 Å². The van der Waals surface area contributed by atoms with Crippen LogP contribution < -0.4 is 91.7 Å². The minimum atomic E-state index is 0.789. The minimum absolute atomic E-state index is 0.789. The molecule has 0 heterocycles. The summed E-state index contributed by atoms with van der Waals surface area (Å²) in [7, 11) is 3.42. The van der Waals surface area contributed by atoms with E-state index < -0.39 is 0 Å². The molecule has 16 nitrogen and oxygen atoms in total. The molecule has 0 saturated carbocycles. The van der Waals surface area contributed by atoms with Crippen molar-refractivity contribution in [3.8, 4) is 0 Å². The lowest BCUT2D eigenvalue weighted by atomic mass is 9.96. The van der Waals surface area contributed by atoms with Crippen molar-refractivity contribution >= 4 is 171 Å². The van der Waals surface area contributed by atoms with E-state index in [1.54, 1.807) is 56.9 Å². The van der Waals surface area contributed by atoms with Gasteiger partial charge < -0.3 is 91.7 Å². The molecule has 0 aromatic heterocycles. The topological polar surface area (TPSA) is 416 Å². The van der Waals surface area contributed by atoms with E-state index in [2.05, 4.69) is 151 Å². The smallest absolute Gasteiger partial charge is 0.0486 e. The monoisotopic (exact) mass is 1950 g/mol. The van der Waals surface area contributed by atoms with Crippen LogP contribution in [-0.2, 0) is 44.9 Å². The second-order valence-electron chi connectivity index (χ2n) is 33.1. The van der Waals surface area contributed by atoms with Crippen molar-refractivity contribution in [2.75, 3.05) is 108 Å². The highest BCUT2D eigenvalue weighted by molar-refractivity contribution is 8.76. The Kier molecular flexibility index (Phi) is 44.2. The van der Waals surface area contributed by atoms with Crippen LogP contribution in [-0.4, -0.2) is 16.6 Å². The molecule has 0 radical (unpaired) electrons. The summed E-state index contributed by atoms with van der Waals surface area (Å²) in [6.07, 6.45) is 7.13. The van der Waals surface area contributed by atoms with E-state index in [1.165, 1.54) is 94.8 Å². The Morgan fingerprint density at radius 1 is 0.175 bits per heavy atom. The summed E-state index contributed by atoms with van der Waals surface area (Å²) in [6, 6.07) is 113. The maximum atomic E-state index is 6.00. The Morgan fingerprint density at radius 3 is 0.657 bits per heavy atom. The number of aryl methyl sites for hydroxylation is 14. The summed E-state index contributed by atoms with van der Waals surface area (Å²) in [5.74, 6) is 2.16. The highest BCUT2D eigenvalue weighted by Gasteiger charge is 2.11. The van der Waals surface area contributed by atoms with Crippen molar-refractivity contribution in [1.82, 2.24) is 0 Å². The van der Waals surface area contributed by atoms with Crippen LogP contribution in [0.4, 0.5) is 91.0 Å². The van der Waals surface area contributed by atoms with Crippen LogP contribution in [0.15, 0.2) is 379 Å². The first-order valence-corrected chi connectivity index (χ1v) is 51.8. The lowest BCUT2D eigenvalue weighted by molar-refractivity contribution is 0.940. The maximum Gasteiger partial charge on any atom is 0.0486 e. The normalized spacial score (nSPS) is 10.4. The second kappa shape index (κ2) is 56.3. The van der Waals surface area contributed by atoms with E-state index in [1.807, 2.05) is 268 Å². The molecule has 0 bridgehead atoms. The van der Waals surface area contributed by atoms with Crippen molar-refractivity contribution in [2.24, 2.45) is 0 Å². The van der Waals surface area contributed by atoms with E-state index in [0.717, 1.165) is 186 Å². The molecule has 0 atom stereocenters. The largest absolute Gasteiger partial charge is 0.399 e. The van der Waals surface area contributed by atoms with E-state index in [9.17, 15) is 0 Å². The van der Waals surface area contributed by atoms with Gasteiger partial charge in [-0.05, 0) is 444 Å². The van der Waals surface area contributed by atoms with Crippen molar-refractivity contribution in [3.05, 3.63) is 429 Å². The van der Waals surface area contributed by atoms with Crippen LogP contribution in [0, 0.1) is 55.4 Å². The number of thioether (sulfide) groups is 4. The Bertz CT molecular complexity index is 5840. The van der Waals surface area contributed by atoms with Crippen LogP contribution in [0.25, 0.3) is 0 Å². The summed E-state index contributed by atoms with van der Waals surface area (Å²) in [5.41, 5.74) is 125. The van der Waals surface area contributed by atoms with Crippen molar-refractivity contribution in [1.29, 1.82) is 0 Å². The predicted molar refractivity (Wildman–Crippen MR) is 610 cm³/mol.